The zero-order valence-corrected chi connectivity index (χ0v) is 13.1. The van der Waals surface area contributed by atoms with E-state index in [-0.39, 0.29) is 18.5 Å². The van der Waals surface area contributed by atoms with Gasteiger partial charge in [-0.25, -0.2) is 0 Å². The summed E-state index contributed by atoms with van der Waals surface area (Å²) in [6.45, 7) is 0.612. The Morgan fingerprint density at radius 2 is 1.70 bits per heavy atom. The first kappa shape index (κ1) is 16.9. The molecule has 0 saturated heterocycles. The van der Waals surface area contributed by atoms with Gasteiger partial charge in [0.25, 0.3) is 0 Å². The first-order valence-electron chi connectivity index (χ1n) is 6.40. The molecule has 108 valence electrons. The highest BCUT2D eigenvalue weighted by atomic mass is 35.5. The van der Waals surface area contributed by atoms with E-state index in [2.05, 4.69) is 24.5 Å². The molecule has 0 unspecified atom stereocenters. The highest BCUT2D eigenvalue weighted by Gasteiger charge is 2.13. The van der Waals surface area contributed by atoms with Crippen LogP contribution < -0.4 is 10.5 Å². The fraction of sp³-hybridized carbons (Fsp3) is 0.250. The maximum absolute atomic E-state index is 6.16. The Morgan fingerprint density at radius 3 is 2.35 bits per heavy atom. The second-order valence-corrected chi connectivity index (χ2v) is 5.09. The SMILES string of the molecule is CSc1ccccc1O[C@H](CCN)c1ccccc1.Cl. The lowest BCUT2D eigenvalue weighted by molar-refractivity contribution is 0.193. The smallest absolute Gasteiger partial charge is 0.133 e. The van der Waals surface area contributed by atoms with Crippen LogP contribution in [0.4, 0.5) is 0 Å². The third-order valence-corrected chi connectivity index (χ3v) is 3.72. The van der Waals surface area contributed by atoms with E-state index in [1.54, 1.807) is 11.8 Å². The molecule has 0 aliphatic carbocycles. The summed E-state index contributed by atoms with van der Waals surface area (Å²) < 4.78 is 6.16. The molecule has 2 rings (SSSR count). The van der Waals surface area contributed by atoms with Crippen LogP contribution in [0.2, 0.25) is 0 Å². The lowest BCUT2D eigenvalue weighted by Crippen LogP contribution is -2.13. The Bertz CT molecular complexity index is 507. The number of nitrogens with two attached hydrogens (primary N) is 1. The van der Waals surface area contributed by atoms with Crippen molar-refractivity contribution < 1.29 is 4.74 Å². The lowest BCUT2D eigenvalue weighted by Gasteiger charge is -2.20. The maximum atomic E-state index is 6.16. The van der Waals surface area contributed by atoms with Gasteiger partial charge in [-0.2, -0.15) is 0 Å². The summed E-state index contributed by atoms with van der Waals surface area (Å²) in [6, 6.07) is 18.4. The average molecular weight is 310 g/mol. The predicted molar refractivity (Wildman–Crippen MR) is 89.0 cm³/mol. The lowest BCUT2D eigenvalue weighted by atomic mass is 10.1. The third-order valence-electron chi connectivity index (χ3n) is 2.94. The fourth-order valence-electron chi connectivity index (χ4n) is 1.98. The van der Waals surface area contributed by atoms with Crippen molar-refractivity contribution in [2.24, 2.45) is 5.73 Å². The molecule has 0 radical (unpaired) electrons. The Kier molecular flexibility index (Phi) is 7.52. The topological polar surface area (TPSA) is 35.2 Å². The van der Waals surface area contributed by atoms with E-state index >= 15 is 0 Å². The van der Waals surface area contributed by atoms with Gasteiger partial charge in [-0.3, -0.25) is 0 Å². The van der Waals surface area contributed by atoms with Crippen LogP contribution in [-0.4, -0.2) is 12.8 Å². The highest BCUT2D eigenvalue weighted by molar-refractivity contribution is 7.98. The molecule has 0 amide bonds. The van der Waals surface area contributed by atoms with Crippen LogP contribution in [0.5, 0.6) is 5.75 Å². The molecule has 1 atom stereocenters. The molecule has 2 nitrogen and oxygen atoms in total. The quantitative estimate of drug-likeness (QED) is 0.808. The van der Waals surface area contributed by atoms with Crippen molar-refractivity contribution in [1.29, 1.82) is 0 Å². The number of hydrogen-bond donors (Lipinski definition) is 1. The number of ether oxygens (including phenoxy) is 1. The van der Waals surface area contributed by atoms with Gasteiger partial charge in [0.15, 0.2) is 0 Å². The molecule has 2 aromatic carbocycles. The van der Waals surface area contributed by atoms with Crippen LogP contribution >= 0.6 is 24.2 Å². The summed E-state index contributed by atoms with van der Waals surface area (Å²) in [4.78, 5) is 1.15. The molecule has 4 heteroatoms. The van der Waals surface area contributed by atoms with Crippen LogP contribution in [0.25, 0.3) is 0 Å². The third kappa shape index (κ3) is 4.44. The molecule has 2 aromatic rings. The predicted octanol–water partition coefficient (Wildman–Crippen LogP) is 4.30. The normalized spacial score (nSPS) is 11.5. The molecule has 0 aliphatic heterocycles. The van der Waals surface area contributed by atoms with Gasteiger partial charge in [0, 0.05) is 11.3 Å². The van der Waals surface area contributed by atoms with Crippen molar-refractivity contribution in [1.82, 2.24) is 0 Å². The van der Waals surface area contributed by atoms with Crippen LogP contribution in [0, 0.1) is 0 Å². The van der Waals surface area contributed by atoms with Crippen molar-refractivity contribution in [3.63, 3.8) is 0 Å². The first-order chi connectivity index (χ1) is 9.35. The Hall–Kier alpha value is -1.16. The second-order valence-electron chi connectivity index (χ2n) is 4.25. The molecular formula is C16H20ClNOS. The zero-order valence-electron chi connectivity index (χ0n) is 11.5. The van der Waals surface area contributed by atoms with E-state index < -0.39 is 0 Å². The second kappa shape index (κ2) is 8.90. The zero-order chi connectivity index (χ0) is 13.5. The van der Waals surface area contributed by atoms with Crippen LogP contribution in [-0.2, 0) is 0 Å². The van der Waals surface area contributed by atoms with Gasteiger partial charge in [0.1, 0.15) is 11.9 Å². The van der Waals surface area contributed by atoms with Crippen LogP contribution in [0.3, 0.4) is 0 Å². The average Bonchev–Trinajstić information content (AvgIpc) is 2.48. The van der Waals surface area contributed by atoms with Gasteiger partial charge >= 0.3 is 0 Å². The van der Waals surface area contributed by atoms with E-state index in [1.807, 2.05) is 36.4 Å². The van der Waals surface area contributed by atoms with Gasteiger partial charge in [0.05, 0.1) is 0 Å². The van der Waals surface area contributed by atoms with Gasteiger partial charge in [-0.05, 0) is 30.5 Å². The highest BCUT2D eigenvalue weighted by Crippen LogP contribution is 2.32. The monoisotopic (exact) mass is 309 g/mol. The number of benzene rings is 2. The molecule has 0 heterocycles. The van der Waals surface area contributed by atoms with Crippen molar-refractivity contribution in [2.75, 3.05) is 12.8 Å². The molecule has 0 spiro atoms. The number of thioether (sulfide) groups is 1. The van der Waals surface area contributed by atoms with Crippen LogP contribution in [0.1, 0.15) is 18.1 Å². The maximum Gasteiger partial charge on any atom is 0.133 e. The molecule has 0 bridgehead atoms. The summed E-state index contributed by atoms with van der Waals surface area (Å²) in [5.74, 6) is 0.928. The van der Waals surface area contributed by atoms with Gasteiger partial charge < -0.3 is 10.5 Å². The van der Waals surface area contributed by atoms with Crippen LogP contribution in [0.15, 0.2) is 59.5 Å². The molecule has 0 aromatic heterocycles. The number of rotatable bonds is 6. The summed E-state index contributed by atoms with van der Waals surface area (Å²) >= 11 is 1.69. The van der Waals surface area contributed by atoms with Gasteiger partial charge in [0.2, 0.25) is 0 Å². The minimum absolute atomic E-state index is 0. The fourth-order valence-corrected chi connectivity index (χ4v) is 2.51. The summed E-state index contributed by atoms with van der Waals surface area (Å²) in [5.41, 5.74) is 6.88. The molecule has 0 saturated carbocycles. The van der Waals surface area contributed by atoms with E-state index in [0.29, 0.717) is 6.54 Å². The van der Waals surface area contributed by atoms with Crippen molar-refractivity contribution in [3.8, 4) is 5.75 Å². The molecular weight excluding hydrogens is 290 g/mol. The van der Waals surface area contributed by atoms with E-state index in [1.165, 1.54) is 5.56 Å². The van der Waals surface area contributed by atoms with Crippen molar-refractivity contribution in [3.05, 3.63) is 60.2 Å². The number of halogens is 1. The van der Waals surface area contributed by atoms with Crippen molar-refractivity contribution >= 4 is 24.2 Å². The first-order valence-corrected chi connectivity index (χ1v) is 7.62. The summed E-state index contributed by atoms with van der Waals surface area (Å²) in [6.07, 6.45) is 2.88. The number of hydrogen-bond acceptors (Lipinski definition) is 3. The summed E-state index contributed by atoms with van der Waals surface area (Å²) in [7, 11) is 0. The van der Waals surface area contributed by atoms with Crippen molar-refractivity contribution in [2.45, 2.75) is 17.4 Å². The summed E-state index contributed by atoms with van der Waals surface area (Å²) in [5, 5.41) is 0. The van der Waals surface area contributed by atoms with E-state index in [0.717, 1.165) is 17.1 Å². The minimum atomic E-state index is 0. The molecule has 0 aliphatic rings. The van der Waals surface area contributed by atoms with E-state index in [4.69, 9.17) is 10.5 Å². The Labute approximate surface area is 131 Å². The molecule has 0 fully saturated rings. The molecule has 2 N–H and O–H groups in total. The minimum Gasteiger partial charge on any atom is -0.485 e. The Morgan fingerprint density at radius 1 is 1.05 bits per heavy atom. The molecule has 20 heavy (non-hydrogen) atoms. The number of para-hydroxylation sites is 1. The van der Waals surface area contributed by atoms with Gasteiger partial charge in [-0.1, -0.05) is 42.5 Å². The standard InChI is InChI=1S/C16H19NOS.ClH/c1-19-16-10-6-5-9-15(16)18-14(11-12-17)13-7-3-2-4-8-13;/h2-10,14H,11-12,17H2,1H3;1H/t14-;/m1./s1. The van der Waals surface area contributed by atoms with E-state index in [9.17, 15) is 0 Å². The van der Waals surface area contributed by atoms with Gasteiger partial charge in [-0.15, -0.1) is 24.2 Å². The largest absolute Gasteiger partial charge is 0.485 e. The Balaban J connectivity index is 0.00000200.